The molecule has 0 atom stereocenters. The van der Waals surface area contributed by atoms with Gasteiger partial charge in [-0.05, 0) is 24.3 Å². The molecule has 0 aliphatic heterocycles. The maximum atomic E-state index is 10.6. The van der Waals surface area contributed by atoms with Crippen LogP contribution in [0.2, 0.25) is 5.15 Å². The van der Waals surface area contributed by atoms with Gasteiger partial charge in [-0.1, -0.05) is 29.8 Å². The highest BCUT2D eigenvalue weighted by molar-refractivity contribution is 6.31. The zero-order chi connectivity index (χ0) is 14.8. The van der Waals surface area contributed by atoms with Gasteiger partial charge >= 0.3 is 0 Å². The molecule has 112 valence electrons. The number of nitro benzene ring substituents is 1. The number of hydrogen-bond donors (Lipinski definition) is 0. The monoisotopic (exact) mass is 336 g/mol. The predicted octanol–water partition coefficient (Wildman–Crippen LogP) is 4.99. The second-order valence-electron chi connectivity index (χ2n) is 4.31. The summed E-state index contributed by atoms with van der Waals surface area (Å²) in [6.07, 6.45) is 0. The maximum Gasteiger partial charge on any atom is 0.269 e. The topological polar surface area (TPSA) is 69.2 Å². The van der Waals surface area contributed by atoms with Crippen molar-refractivity contribution in [3.63, 3.8) is 0 Å². The fourth-order valence-corrected chi connectivity index (χ4v) is 2.14. The van der Waals surface area contributed by atoms with Crippen LogP contribution in [0.5, 0.6) is 0 Å². The van der Waals surface area contributed by atoms with Gasteiger partial charge in [-0.15, -0.1) is 12.4 Å². The lowest BCUT2D eigenvalue weighted by Gasteiger charge is -1.97. The number of non-ortho nitro benzene ring substituents is 1. The minimum absolute atomic E-state index is 0. The van der Waals surface area contributed by atoms with Gasteiger partial charge in [-0.3, -0.25) is 10.1 Å². The molecule has 0 amide bonds. The van der Waals surface area contributed by atoms with E-state index in [1.54, 1.807) is 12.1 Å². The van der Waals surface area contributed by atoms with E-state index in [9.17, 15) is 10.1 Å². The number of nitrogens with zero attached hydrogens (tertiary/aromatic N) is 2. The molecular formula is C15H10Cl2N2O3. The Morgan fingerprint density at radius 2 is 1.64 bits per heavy atom. The molecule has 0 saturated carbocycles. The molecule has 7 heteroatoms. The van der Waals surface area contributed by atoms with Crippen LogP contribution in [0, 0.1) is 10.1 Å². The Kier molecular flexibility index (Phi) is 4.80. The highest BCUT2D eigenvalue weighted by Gasteiger charge is 2.15. The third kappa shape index (κ3) is 3.10. The molecule has 2 aromatic carbocycles. The molecule has 0 N–H and O–H groups in total. The molecule has 0 fully saturated rings. The predicted molar refractivity (Wildman–Crippen MR) is 86.3 cm³/mol. The highest BCUT2D eigenvalue weighted by Crippen LogP contribution is 2.33. The van der Waals surface area contributed by atoms with E-state index >= 15 is 0 Å². The van der Waals surface area contributed by atoms with Crippen LogP contribution < -0.4 is 0 Å². The molecule has 0 aliphatic carbocycles. The summed E-state index contributed by atoms with van der Waals surface area (Å²) in [5.41, 5.74) is 1.46. The number of hydrogen-bond acceptors (Lipinski definition) is 4. The fourth-order valence-electron chi connectivity index (χ4n) is 1.92. The quantitative estimate of drug-likeness (QED) is 0.498. The van der Waals surface area contributed by atoms with Crippen LogP contribution in [0.3, 0.4) is 0 Å². The second kappa shape index (κ2) is 6.60. The standard InChI is InChI=1S/C15H9ClN2O3.ClH/c16-14-13(10-6-8-12(9-7-10)18(19)20)21-15(17-14)11-4-2-1-3-5-11;/h1-9H;1H. The molecule has 0 radical (unpaired) electrons. The van der Waals surface area contributed by atoms with Crippen molar-refractivity contribution in [3.05, 3.63) is 69.9 Å². The van der Waals surface area contributed by atoms with Crippen molar-refractivity contribution in [2.24, 2.45) is 0 Å². The lowest BCUT2D eigenvalue weighted by molar-refractivity contribution is -0.384. The van der Waals surface area contributed by atoms with Gasteiger partial charge in [0.05, 0.1) is 4.92 Å². The smallest absolute Gasteiger partial charge is 0.269 e. The lowest BCUT2D eigenvalue weighted by atomic mass is 10.2. The Bertz CT molecular complexity index is 786. The van der Waals surface area contributed by atoms with E-state index in [0.29, 0.717) is 17.2 Å². The third-order valence-electron chi connectivity index (χ3n) is 2.95. The summed E-state index contributed by atoms with van der Waals surface area (Å²) in [4.78, 5) is 14.4. The first kappa shape index (κ1) is 16.0. The first-order chi connectivity index (χ1) is 10.1. The summed E-state index contributed by atoms with van der Waals surface area (Å²) in [6.45, 7) is 0. The summed E-state index contributed by atoms with van der Waals surface area (Å²) < 4.78 is 5.67. The molecule has 5 nitrogen and oxygen atoms in total. The number of oxazole rings is 1. The number of benzene rings is 2. The Morgan fingerprint density at radius 3 is 2.23 bits per heavy atom. The van der Waals surface area contributed by atoms with Gasteiger partial charge in [0.1, 0.15) is 0 Å². The first-order valence-electron chi connectivity index (χ1n) is 6.12. The Morgan fingerprint density at radius 1 is 1.00 bits per heavy atom. The van der Waals surface area contributed by atoms with Crippen molar-refractivity contribution >= 4 is 29.7 Å². The van der Waals surface area contributed by atoms with E-state index in [-0.39, 0.29) is 23.2 Å². The van der Waals surface area contributed by atoms with E-state index in [1.807, 2.05) is 30.3 Å². The molecule has 1 aromatic heterocycles. The van der Waals surface area contributed by atoms with Crippen LogP contribution in [0.15, 0.2) is 59.0 Å². The maximum absolute atomic E-state index is 10.6. The van der Waals surface area contributed by atoms with Crippen molar-refractivity contribution in [1.82, 2.24) is 4.98 Å². The summed E-state index contributed by atoms with van der Waals surface area (Å²) >= 11 is 6.09. The molecule has 0 saturated heterocycles. The molecule has 22 heavy (non-hydrogen) atoms. The average molecular weight is 337 g/mol. The molecule has 0 spiro atoms. The van der Waals surface area contributed by atoms with E-state index in [2.05, 4.69) is 4.98 Å². The normalized spacial score (nSPS) is 10.0. The Balaban J connectivity index is 0.00000176. The van der Waals surface area contributed by atoms with E-state index in [4.69, 9.17) is 16.0 Å². The van der Waals surface area contributed by atoms with Crippen LogP contribution in [-0.4, -0.2) is 9.91 Å². The van der Waals surface area contributed by atoms with Gasteiger partial charge in [0.25, 0.3) is 5.69 Å². The summed E-state index contributed by atoms with van der Waals surface area (Å²) in [7, 11) is 0. The van der Waals surface area contributed by atoms with Crippen LogP contribution >= 0.6 is 24.0 Å². The fraction of sp³-hybridized carbons (Fsp3) is 0. The summed E-state index contributed by atoms with van der Waals surface area (Å²) in [6, 6.07) is 15.3. The van der Waals surface area contributed by atoms with Crippen molar-refractivity contribution in [2.75, 3.05) is 0 Å². The van der Waals surface area contributed by atoms with E-state index in [0.717, 1.165) is 5.56 Å². The average Bonchev–Trinajstić information content (AvgIpc) is 2.90. The van der Waals surface area contributed by atoms with Crippen molar-refractivity contribution in [2.45, 2.75) is 0 Å². The van der Waals surface area contributed by atoms with Crippen LogP contribution in [0.4, 0.5) is 5.69 Å². The van der Waals surface area contributed by atoms with Crippen molar-refractivity contribution in [1.29, 1.82) is 0 Å². The molecule has 0 bridgehead atoms. The zero-order valence-corrected chi connectivity index (χ0v) is 12.7. The van der Waals surface area contributed by atoms with E-state index < -0.39 is 4.92 Å². The van der Waals surface area contributed by atoms with E-state index in [1.165, 1.54) is 12.1 Å². The van der Waals surface area contributed by atoms with Gasteiger partial charge in [-0.25, -0.2) is 0 Å². The molecule has 1 heterocycles. The van der Waals surface area contributed by atoms with Gasteiger partial charge in [0, 0.05) is 23.3 Å². The number of rotatable bonds is 3. The SMILES string of the molecule is Cl.O=[N+]([O-])c1ccc(-c2oc(-c3ccccc3)nc2Cl)cc1. The van der Waals surface area contributed by atoms with Crippen LogP contribution in [-0.2, 0) is 0 Å². The van der Waals surface area contributed by atoms with Crippen LogP contribution in [0.25, 0.3) is 22.8 Å². The molecule has 0 aliphatic rings. The Hall–Kier alpha value is -2.37. The lowest BCUT2D eigenvalue weighted by Crippen LogP contribution is -1.86. The highest BCUT2D eigenvalue weighted by atomic mass is 35.5. The number of aromatic nitrogens is 1. The van der Waals surface area contributed by atoms with Crippen LogP contribution in [0.1, 0.15) is 0 Å². The third-order valence-corrected chi connectivity index (χ3v) is 3.20. The summed E-state index contributed by atoms with van der Waals surface area (Å²) in [5, 5.41) is 10.9. The minimum atomic E-state index is -0.457. The molecule has 0 unspecified atom stereocenters. The van der Waals surface area contributed by atoms with Gasteiger partial charge < -0.3 is 4.42 Å². The van der Waals surface area contributed by atoms with Crippen molar-refractivity contribution in [3.8, 4) is 22.8 Å². The van der Waals surface area contributed by atoms with Crippen molar-refractivity contribution < 1.29 is 9.34 Å². The van der Waals surface area contributed by atoms with Gasteiger partial charge in [0.2, 0.25) is 5.89 Å². The number of nitro groups is 1. The minimum Gasteiger partial charge on any atom is -0.434 e. The largest absolute Gasteiger partial charge is 0.434 e. The van der Waals surface area contributed by atoms with Gasteiger partial charge in [0.15, 0.2) is 10.9 Å². The second-order valence-corrected chi connectivity index (χ2v) is 4.67. The van der Waals surface area contributed by atoms with Gasteiger partial charge in [-0.2, -0.15) is 4.98 Å². The molecule has 3 aromatic rings. The Labute approximate surface area is 137 Å². The first-order valence-corrected chi connectivity index (χ1v) is 6.49. The zero-order valence-electron chi connectivity index (χ0n) is 11.1. The molecular weight excluding hydrogens is 327 g/mol. The summed E-state index contributed by atoms with van der Waals surface area (Å²) in [5.74, 6) is 0.805. The number of halogens is 2. The molecule has 3 rings (SSSR count).